The van der Waals surface area contributed by atoms with Crippen molar-refractivity contribution in [2.24, 2.45) is 0 Å². The normalized spacial score (nSPS) is 17.9. The van der Waals surface area contributed by atoms with Gasteiger partial charge in [0, 0.05) is 18.0 Å². The highest BCUT2D eigenvalue weighted by Crippen LogP contribution is 2.33. The molecule has 0 unspecified atom stereocenters. The number of thiophene rings is 1. The monoisotopic (exact) mass is 427 g/mol. The van der Waals surface area contributed by atoms with E-state index in [4.69, 9.17) is 4.42 Å². The maximum Gasteiger partial charge on any atom is 0.332 e. The third-order valence-electron chi connectivity index (χ3n) is 6.55. The molecule has 3 aromatic heterocycles. The van der Waals surface area contributed by atoms with E-state index in [1.165, 1.54) is 47.1 Å². The minimum atomic E-state index is -0.211. The number of furan rings is 1. The Morgan fingerprint density at radius 2 is 1.73 bits per heavy atom. The van der Waals surface area contributed by atoms with Crippen LogP contribution >= 0.6 is 11.3 Å². The molecule has 3 aromatic rings. The number of rotatable bonds is 5. The zero-order valence-electron chi connectivity index (χ0n) is 17.4. The molecule has 0 aromatic carbocycles. The quantitative estimate of drug-likeness (QED) is 0.584. The summed E-state index contributed by atoms with van der Waals surface area (Å²) >= 11 is 1.68. The molecular weight excluding hydrogens is 398 g/mol. The number of nitrogens with zero attached hydrogens (tertiary/aromatic N) is 3. The average molecular weight is 428 g/mol. The SMILES string of the molecule is O=c1c2c3c(sc2n(CCN2CCCCC2)c(=O)n1Cc1ccco1)CCCCC3. The van der Waals surface area contributed by atoms with Gasteiger partial charge in [-0.1, -0.05) is 12.8 Å². The molecular formula is C23H29N3O3S. The summed E-state index contributed by atoms with van der Waals surface area (Å²) in [5.74, 6) is 0.637. The van der Waals surface area contributed by atoms with Crippen molar-refractivity contribution >= 4 is 21.6 Å². The van der Waals surface area contributed by atoms with Gasteiger partial charge in [0.25, 0.3) is 5.56 Å². The van der Waals surface area contributed by atoms with Gasteiger partial charge in [0.15, 0.2) is 0 Å². The van der Waals surface area contributed by atoms with Crippen molar-refractivity contribution in [3.63, 3.8) is 0 Å². The molecule has 0 N–H and O–H groups in total. The van der Waals surface area contributed by atoms with E-state index >= 15 is 0 Å². The summed E-state index contributed by atoms with van der Waals surface area (Å²) in [7, 11) is 0. The van der Waals surface area contributed by atoms with Crippen molar-refractivity contribution < 1.29 is 4.42 Å². The molecule has 2 aliphatic rings. The Hall–Kier alpha value is -2.12. The molecule has 0 amide bonds. The Kier molecular flexibility index (Phi) is 5.65. The molecule has 0 bridgehead atoms. The van der Waals surface area contributed by atoms with Crippen molar-refractivity contribution in [3.05, 3.63) is 55.4 Å². The second kappa shape index (κ2) is 8.55. The molecule has 7 heteroatoms. The molecule has 1 aliphatic carbocycles. The third kappa shape index (κ3) is 3.69. The van der Waals surface area contributed by atoms with Crippen LogP contribution < -0.4 is 11.2 Å². The summed E-state index contributed by atoms with van der Waals surface area (Å²) < 4.78 is 8.71. The summed E-state index contributed by atoms with van der Waals surface area (Å²) in [6, 6.07) is 3.62. The fourth-order valence-electron chi connectivity index (χ4n) is 4.91. The standard InChI is InChI=1S/C23H29N3O3S/c27-21-20-18-9-3-1-4-10-19(18)30-22(20)25(14-13-24-11-5-2-6-12-24)23(28)26(21)16-17-8-7-15-29-17/h7-8,15H,1-6,9-14,16H2. The first-order chi connectivity index (χ1) is 14.7. The lowest BCUT2D eigenvalue weighted by molar-refractivity contribution is 0.220. The van der Waals surface area contributed by atoms with E-state index in [9.17, 15) is 9.59 Å². The highest BCUT2D eigenvalue weighted by molar-refractivity contribution is 7.18. The molecule has 1 saturated heterocycles. The number of hydrogen-bond acceptors (Lipinski definition) is 5. The second-order valence-electron chi connectivity index (χ2n) is 8.55. The Labute approximate surface area is 179 Å². The summed E-state index contributed by atoms with van der Waals surface area (Å²) in [4.78, 5) is 31.6. The summed E-state index contributed by atoms with van der Waals surface area (Å²) in [6.45, 7) is 3.88. The minimum absolute atomic E-state index is 0.153. The Morgan fingerprint density at radius 3 is 2.53 bits per heavy atom. The molecule has 0 radical (unpaired) electrons. The van der Waals surface area contributed by atoms with Crippen LogP contribution in [0.2, 0.25) is 0 Å². The number of aromatic nitrogens is 2. The van der Waals surface area contributed by atoms with Crippen LogP contribution in [0.3, 0.4) is 0 Å². The lowest BCUT2D eigenvalue weighted by Gasteiger charge is -2.26. The minimum Gasteiger partial charge on any atom is -0.467 e. The Balaban J connectivity index is 1.62. The molecule has 0 spiro atoms. The molecule has 1 aliphatic heterocycles. The number of fused-ring (bicyclic) bond motifs is 3. The van der Waals surface area contributed by atoms with Crippen molar-refractivity contribution in [2.45, 2.75) is 64.5 Å². The number of aryl methyl sites for hydroxylation is 2. The van der Waals surface area contributed by atoms with Crippen LogP contribution in [-0.2, 0) is 25.9 Å². The van der Waals surface area contributed by atoms with Crippen LogP contribution in [0.15, 0.2) is 32.4 Å². The van der Waals surface area contributed by atoms with Gasteiger partial charge in [-0.05, 0) is 69.3 Å². The smallest absolute Gasteiger partial charge is 0.332 e. The van der Waals surface area contributed by atoms with Crippen molar-refractivity contribution in [3.8, 4) is 0 Å². The zero-order chi connectivity index (χ0) is 20.5. The first-order valence-electron chi connectivity index (χ1n) is 11.2. The molecule has 30 heavy (non-hydrogen) atoms. The van der Waals surface area contributed by atoms with Crippen LogP contribution in [-0.4, -0.2) is 33.7 Å². The Bertz CT molecular complexity index is 1130. The van der Waals surface area contributed by atoms with Gasteiger partial charge in [-0.15, -0.1) is 11.3 Å². The van der Waals surface area contributed by atoms with Crippen molar-refractivity contribution in [1.29, 1.82) is 0 Å². The summed E-state index contributed by atoms with van der Waals surface area (Å²) in [5, 5.41) is 0.779. The van der Waals surface area contributed by atoms with E-state index in [1.807, 2.05) is 10.6 Å². The van der Waals surface area contributed by atoms with Gasteiger partial charge in [0.05, 0.1) is 18.2 Å². The lowest BCUT2D eigenvalue weighted by Crippen LogP contribution is -2.42. The van der Waals surface area contributed by atoms with Crippen molar-refractivity contribution in [2.75, 3.05) is 19.6 Å². The van der Waals surface area contributed by atoms with Gasteiger partial charge < -0.3 is 9.32 Å². The fraction of sp³-hybridized carbons (Fsp3) is 0.565. The van der Waals surface area contributed by atoms with Crippen LogP contribution in [0, 0.1) is 0 Å². The van der Waals surface area contributed by atoms with Gasteiger partial charge in [0.2, 0.25) is 0 Å². The lowest BCUT2D eigenvalue weighted by atomic mass is 10.1. The topological polar surface area (TPSA) is 60.4 Å². The zero-order valence-corrected chi connectivity index (χ0v) is 18.2. The predicted molar refractivity (Wildman–Crippen MR) is 120 cm³/mol. The number of piperidine rings is 1. The fourth-order valence-corrected chi connectivity index (χ4v) is 6.31. The Morgan fingerprint density at radius 1 is 0.933 bits per heavy atom. The first-order valence-corrected chi connectivity index (χ1v) is 12.1. The maximum absolute atomic E-state index is 13.5. The van der Waals surface area contributed by atoms with E-state index in [0.29, 0.717) is 12.3 Å². The molecule has 4 heterocycles. The molecule has 6 nitrogen and oxygen atoms in total. The predicted octanol–water partition coefficient (Wildman–Crippen LogP) is 3.62. The third-order valence-corrected chi connectivity index (χ3v) is 7.87. The highest BCUT2D eigenvalue weighted by atomic mass is 32.1. The van der Waals surface area contributed by atoms with Crippen molar-refractivity contribution in [1.82, 2.24) is 14.0 Å². The van der Waals surface area contributed by atoms with E-state index < -0.39 is 0 Å². The number of likely N-dealkylation sites (tertiary alicyclic amines) is 1. The summed E-state index contributed by atoms with van der Waals surface area (Å²) in [5.41, 5.74) is 0.828. The molecule has 0 saturated carbocycles. The summed E-state index contributed by atoms with van der Waals surface area (Å²) in [6.07, 6.45) is 10.8. The molecule has 0 atom stereocenters. The number of hydrogen-bond donors (Lipinski definition) is 0. The van der Waals surface area contributed by atoms with Crippen LogP contribution in [0.1, 0.15) is 54.7 Å². The molecule has 1 fully saturated rings. The van der Waals surface area contributed by atoms with Crippen LogP contribution in [0.25, 0.3) is 10.2 Å². The molecule has 160 valence electrons. The van der Waals surface area contributed by atoms with Gasteiger partial charge in [-0.25, -0.2) is 4.79 Å². The van der Waals surface area contributed by atoms with E-state index in [2.05, 4.69) is 4.90 Å². The van der Waals surface area contributed by atoms with Gasteiger partial charge >= 0.3 is 5.69 Å². The average Bonchev–Trinajstić information content (AvgIpc) is 3.34. The van der Waals surface area contributed by atoms with E-state index in [1.54, 1.807) is 23.7 Å². The van der Waals surface area contributed by atoms with Gasteiger partial charge in [-0.3, -0.25) is 13.9 Å². The molecule has 5 rings (SSSR count). The highest BCUT2D eigenvalue weighted by Gasteiger charge is 2.23. The maximum atomic E-state index is 13.5. The van der Waals surface area contributed by atoms with Crippen LogP contribution in [0.5, 0.6) is 0 Å². The first kappa shape index (κ1) is 19.8. The van der Waals surface area contributed by atoms with Gasteiger partial charge in [-0.2, -0.15) is 0 Å². The van der Waals surface area contributed by atoms with Gasteiger partial charge in [0.1, 0.15) is 10.6 Å². The largest absolute Gasteiger partial charge is 0.467 e. The second-order valence-corrected chi connectivity index (χ2v) is 9.64. The van der Waals surface area contributed by atoms with E-state index in [0.717, 1.165) is 49.1 Å². The van der Waals surface area contributed by atoms with E-state index in [-0.39, 0.29) is 17.8 Å². The van der Waals surface area contributed by atoms with Crippen LogP contribution in [0.4, 0.5) is 0 Å².